The second-order valence-corrected chi connectivity index (χ2v) is 8.72. The summed E-state index contributed by atoms with van der Waals surface area (Å²) in [6.07, 6.45) is 8.36. The highest BCUT2D eigenvalue weighted by Crippen LogP contribution is 2.35. The highest BCUT2D eigenvalue weighted by Gasteiger charge is 2.19. The Morgan fingerprint density at radius 1 is 1.18 bits per heavy atom. The van der Waals surface area contributed by atoms with Crippen LogP contribution in [0, 0.1) is 6.92 Å². The molecule has 1 amide bonds. The van der Waals surface area contributed by atoms with Gasteiger partial charge in [-0.3, -0.25) is 14.2 Å². The van der Waals surface area contributed by atoms with Crippen LogP contribution in [0.3, 0.4) is 0 Å². The normalized spacial score (nSPS) is 15.5. The van der Waals surface area contributed by atoms with Crippen LogP contribution in [0.4, 0.5) is 0 Å². The predicted octanol–water partition coefficient (Wildman–Crippen LogP) is 4.27. The van der Waals surface area contributed by atoms with Crippen molar-refractivity contribution in [3.05, 3.63) is 51.9 Å². The minimum absolute atomic E-state index is 0.0153. The molecule has 6 heteroatoms. The molecule has 0 atom stereocenters. The number of carbonyl (C=O) groups excluding carboxylic acids is 1. The molecule has 1 aromatic carbocycles. The van der Waals surface area contributed by atoms with Crippen LogP contribution in [0.2, 0.25) is 0 Å². The average molecular weight is 396 g/mol. The zero-order valence-corrected chi connectivity index (χ0v) is 16.9. The van der Waals surface area contributed by atoms with Gasteiger partial charge in [0.25, 0.3) is 5.56 Å². The molecule has 0 saturated heterocycles. The highest BCUT2D eigenvalue weighted by atomic mass is 32.1. The Labute approximate surface area is 168 Å². The van der Waals surface area contributed by atoms with E-state index in [1.54, 1.807) is 0 Å². The summed E-state index contributed by atoms with van der Waals surface area (Å²) >= 11 is 1.52. The second-order valence-electron chi connectivity index (χ2n) is 7.51. The number of carbonyl (C=O) groups is 1. The summed E-state index contributed by atoms with van der Waals surface area (Å²) in [5, 5.41) is 3.72. The number of amides is 1. The fourth-order valence-corrected chi connectivity index (χ4v) is 5.06. The number of benzene rings is 1. The third kappa shape index (κ3) is 3.87. The van der Waals surface area contributed by atoms with Crippen LogP contribution in [0.25, 0.3) is 21.3 Å². The number of nitrogens with zero attached hydrogens (tertiary/aromatic N) is 2. The molecule has 0 aliphatic heterocycles. The maximum Gasteiger partial charge on any atom is 0.263 e. The molecular formula is C22H25N3O2S. The lowest BCUT2D eigenvalue weighted by Crippen LogP contribution is -2.38. The summed E-state index contributed by atoms with van der Waals surface area (Å²) in [5.41, 5.74) is 1.78. The Bertz CT molecular complexity index is 1030. The standard InChI is InChI=1S/C22H25N3O2S/c1-15-19(16-9-5-4-6-10-16)20-21(28-15)23-14-25(22(20)27)13-18(26)24-17-11-7-2-3-8-12-17/h4-6,9-10,14,17H,2-3,7-8,11-13H2,1H3,(H,24,26). The molecule has 146 valence electrons. The quantitative estimate of drug-likeness (QED) is 0.671. The van der Waals surface area contributed by atoms with Gasteiger partial charge in [-0.15, -0.1) is 11.3 Å². The van der Waals surface area contributed by atoms with E-state index < -0.39 is 0 Å². The van der Waals surface area contributed by atoms with Crippen LogP contribution >= 0.6 is 11.3 Å². The fourth-order valence-electron chi connectivity index (χ4n) is 4.05. The molecule has 1 saturated carbocycles. The third-order valence-electron chi connectivity index (χ3n) is 5.45. The maximum absolute atomic E-state index is 13.2. The topological polar surface area (TPSA) is 64.0 Å². The van der Waals surface area contributed by atoms with Crippen LogP contribution in [-0.4, -0.2) is 21.5 Å². The van der Waals surface area contributed by atoms with Gasteiger partial charge < -0.3 is 5.32 Å². The van der Waals surface area contributed by atoms with Crippen molar-refractivity contribution in [3.8, 4) is 11.1 Å². The van der Waals surface area contributed by atoms with Gasteiger partial charge in [-0.25, -0.2) is 4.98 Å². The lowest BCUT2D eigenvalue weighted by molar-refractivity contribution is -0.122. The summed E-state index contributed by atoms with van der Waals surface area (Å²) in [7, 11) is 0. The monoisotopic (exact) mass is 395 g/mol. The number of hydrogen-bond donors (Lipinski definition) is 1. The fraction of sp³-hybridized carbons (Fsp3) is 0.409. The van der Waals surface area contributed by atoms with Crippen LogP contribution in [0.5, 0.6) is 0 Å². The SMILES string of the molecule is Cc1sc2ncn(CC(=O)NC3CCCCCC3)c(=O)c2c1-c1ccccc1. The minimum atomic E-state index is -0.149. The number of fused-ring (bicyclic) bond motifs is 1. The Hall–Kier alpha value is -2.47. The van der Waals surface area contributed by atoms with Gasteiger partial charge in [0.15, 0.2) is 0 Å². The van der Waals surface area contributed by atoms with Crippen molar-refractivity contribution in [1.82, 2.24) is 14.9 Å². The molecule has 5 nitrogen and oxygen atoms in total. The number of aryl methyl sites for hydroxylation is 1. The van der Waals surface area contributed by atoms with Crippen molar-refractivity contribution in [3.63, 3.8) is 0 Å². The van der Waals surface area contributed by atoms with E-state index in [0.29, 0.717) is 5.39 Å². The Morgan fingerprint density at radius 2 is 1.89 bits per heavy atom. The summed E-state index contributed by atoms with van der Waals surface area (Å²) in [6, 6.07) is 10.1. The van der Waals surface area contributed by atoms with Crippen LogP contribution in [0.15, 0.2) is 41.5 Å². The molecule has 1 fully saturated rings. The molecule has 0 unspecified atom stereocenters. The first-order valence-corrected chi connectivity index (χ1v) is 10.8. The molecule has 1 aliphatic carbocycles. The number of aromatic nitrogens is 2. The summed E-state index contributed by atoms with van der Waals surface area (Å²) < 4.78 is 1.44. The van der Waals surface area contributed by atoms with Gasteiger partial charge in [0.2, 0.25) is 5.91 Å². The number of thiophene rings is 1. The van der Waals surface area contributed by atoms with Gasteiger partial charge in [-0.05, 0) is 25.3 Å². The van der Waals surface area contributed by atoms with Gasteiger partial charge in [0.1, 0.15) is 11.4 Å². The lowest BCUT2D eigenvalue weighted by Gasteiger charge is -2.16. The van der Waals surface area contributed by atoms with Gasteiger partial charge in [-0.2, -0.15) is 0 Å². The first-order valence-electron chi connectivity index (χ1n) is 9.97. The highest BCUT2D eigenvalue weighted by molar-refractivity contribution is 7.19. The van der Waals surface area contributed by atoms with E-state index in [1.807, 2.05) is 37.3 Å². The van der Waals surface area contributed by atoms with Crippen LogP contribution in [-0.2, 0) is 11.3 Å². The number of hydrogen-bond acceptors (Lipinski definition) is 4. The van der Waals surface area contributed by atoms with Gasteiger partial charge >= 0.3 is 0 Å². The van der Waals surface area contributed by atoms with Crippen LogP contribution < -0.4 is 10.9 Å². The largest absolute Gasteiger partial charge is 0.352 e. The number of rotatable bonds is 4. The molecular weight excluding hydrogens is 370 g/mol. The zero-order valence-electron chi connectivity index (χ0n) is 16.1. The molecule has 4 rings (SSSR count). The third-order valence-corrected chi connectivity index (χ3v) is 6.46. The Kier molecular flexibility index (Phi) is 5.57. The van der Waals surface area contributed by atoms with Crippen molar-refractivity contribution >= 4 is 27.5 Å². The molecule has 0 bridgehead atoms. The molecule has 28 heavy (non-hydrogen) atoms. The second kappa shape index (κ2) is 8.27. The lowest BCUT2D eigenvalue weighted by atomic mass is 10.0. The van der Waals surface area contributed by atoms with E-state index in [0.717, 1.165) is 46.5 Å². The van der Waals surface area contributed by atoms with E-state index in [2.05, 4.69) is 10.3 Å². The van der Waals surface area contributed by atoms with Crippen molar-refractivity contribution in [2.45, 2.75) is 58.0 Å². The van der Waals surface area contributed by atoms with E-state index in [9.17, 15) is 9.59 Å². The van der Waals surface area contributed by atoms with E-state index in [1.165, 1.54) is 35.1 Å². The molecule has 1 N–H and O–H groups in total. The van der Waals surface area contributed by atoms with Crippen LogP contribution in [0.1, 0.15) is 43.4 Å². The van der Waals surface area contributed by atoms with Crippen molar-refractivity contribution in [2.24, 2.45) is 0 Å². The zero-order chi connectivity index (χ0) is 19.5. The van der Waals surface area contributed by atoms with Crippen molar-refractivity contribution < 1.29 is 4.79 Å². The Morgan fingerprint density at radius 3 is 2.61 bits per heavy atom. The summed E-state index contributed by atoms with van der Waals surface area (Å²) in [6.45, 7) is 2.03. The van der Waals surface area contributed by atoms with Crippen molar-refractivity contribution in [1.29, 1.82) is 0 Å². The first-order chi connectivity index (χ1) is 13.6. The smallest absolute Gasteiger partial charge is 0.263 e. The summed E-state index contributed by atoms with van der Waals surface area (Å²) in [5.74, 6) is -0.108. The molecule has 1 aliphatic rings. The van der Waals surface area contributed by atoms with Gasteiger partial charge in [-0.1, -0.05) is 56.0 Å². The molecule has 2 aromatic heterocycles. The van der Waals surface area contributed by atoms with Crippen molar-refractivity contribution in [2.75, 3.05) is 0 Å². The average Bonchev–Trinajstić information content (AvgIpc) is 2.85. The molecule has 0 radical (unpaired) electrons. The molecule has 2 heterocycles. The minimum Gasteiger partial charge on any atom is -0.352 e. The first kappa shape index (κ1) is 18.9. The van der Waals surface area contributed by atoms with Gasteiger partial charge in [0, 0.05) is 16.5 Å². The maximum atomic E-state index is 13.2. The molecule has 3 aromatic rings. The summed E-state index contributed by atoms with van der Waals surface area (Å²) in [4.78, 5) is 32.0. The molecule has 0 spiro atoms. The Balaban J connectivity index is 1.62. The van der Waals surface area contributed by atoms with E-state index in [4.69, 9.17) is 0 Å². The van der Waals surface area contributed by atoms with E-state index in [-0.39, 0.29) is 24.1 Å². The van der Waals surface area contributed by atoms with E-state index >= 15 is 0 Å². The van der Waals surface area contributed by atoms with Gasteiger partial charge in [0.05, 0.1) is 11.7 Å². The predicted molar refractivity (Wildman–Crippen MR) is 114 cm³/mol. The number of nitrogens with one attached hydrogen (secondary N) is 1.